The molecule has 6 nitrogen and oxygen atoms in total. The summed E-state index contributed by atoms with van der Waals surface area (Å²) in [5.74, 6) is -0.667. The van der Waals surface area contributed by atoms with E-state index in [9.17, 15) is 14.4 Å². The van der Waals surface area contributed by atoms with E-state index in [1.165, 1.54) is 0 Å². The van der Waals surface area contributed by atoms with Crippen molar-refractivity contribution in [2.45, 2.75) is 76.4 Å². The quantitative estimate of drug-likeness (QED) is 0.537. The number of anilines is 1. The molecule has 32 heavy (non-hydrogen) atoms. The van der Waals surface area contributed by atoms with Gasteiger partial charge < -0.3 is 5.32 Å². The Morgan fingerprint density at radius 3 is 2.47 bits per heavy atom. The van der Waals surface area contributed by atoms with Crippen LogP contribution in [0.1, 0.15) is 61.6 Å². The molecule has 4 aliphatic rings. The number of hydrogen-bond donors (Lipinski definition) is 2. The smallest absolute Gasteiger partial charge is 0.250 e. The highest BCUT2D eigenvalue weighted by Crippen LogP contribution is 2.54. The SMILES string of the molecule is CSCC[C@H]1N[C@]2(C(=O)Nc3c2ccc(C)c3C)[C@H]2C(=O)N(C3CCCCCC3)C(=O)[C@H]12. The van der Waals surface area contributed by atoms with Gasteiger partial charge in [-0.15, -0.1) is 0 Å². The van der Waals surface area contributed by atoms with E-state index in [0.717, 1.165) is 73.1 Å². The van der Waals surface area contributed by atoms with Crippen LogP contribution in [-0.4, -0.2) is 46.7 Å². The maximum absolute atomic E-state index is 14.0. The minimum atomic E-state index is -1.16. The zero-order valence-electron chi connectivity index (χ0n) is 19.2. The van der Waals surface area contributed by atoms with E-state index in [1.807, 2.05) is 32.2 Å². The number of nitrogens with one attached hydrogen (secondary N) is 2. The molecule has 0 radical (unpaired) electrons. The molecule has 4 atom stereocenters. The van der Waals surface area contributed by atoms with Gasteiger partial charge in [-0.25, -0.2) is 0 Å². The lowest BCUT2D eigenvalue weighted by Gasteiger charge is -2.32. The highest BCUT2D eigenvalue weighted by Gasteiger charge is 2.70. The monoisotopic (exact) mass is 455 g/mol. The molecule has 1 aromatic rings. The largest absolute Gasteiger partial charge is 0.324 e. The van der Waals surface area contributed by atoms with Gasteiger partial charge in [0.1, 0.15) is 5.54 Å². The lowest BCUT2D eigenvalue weighted by Crippen LogP contribution is -2.54. The van der Waals surface area contributed by atoms with E-state index >= 15 is 0 Å². The van der Waals surface area contributed by atoms with Crippen LogP contribution in [0.15, 0.2) is 12.1 Å². The van der Waals surface area contributed by atoms with Crippen LogP contribution < -0.4 is 10.6 Å². The molecule has 1 aliphatic carbocycles. The molecule has 2 saturated heterocycles. The third-order valence-electron chi connectivity index (χ3n) is 8.28. The number of benzene rings is 1. The van der Waals surface area contributed by atoms with Crippen molar-refractivity contribution in [1.82, 2.24) is 10.2 Å². The first-order valence-electron chi connectivity index (χ1n) is 12.0. The van der Waals surface area contributed by atoms with Crippen LogP contribution in [0.3, 0.4) is 0 Å². The van der Waals surface area contributed by atoms with Crippen LogP contribution in [0, 0.1) is 25.7 Å². The molecule has 1 aromatic carbocycles. The molecule has 0 aromatic heterocycles. The first-order valence-corrected chi connectivity index (χ1v) is 13.4. The van der Waals surface area contributed by atoms with E-state index in [4.69, 9.17) is 0 Å². The van der Waals surface area contributed by atoms with Crippen LogP contribution in [-0.2, 0) is 19.9 Å². The van der Waals surface area contributed by atoms with Gasteiger partial charge in [0.15, 0.2) is 0 Å². The molecule has 3 aliphatic heterocycles. The molecule has 1 saturated carbocycles. The van der Waals surface area contributed by atoms with Gasteiger partial charge in [-0.05, 0) is 56.2 Å². The molecule has 0 bridgehead atoms. The van der Waals surface area contributed by atoms with Crippen LogP contribution in [0.25, 0.3) is 0 Å². The fourth-order valence-electron chi connectivity index (χ4n) is 6.51. The summed E-state index contributed by atoms with van der Waals surface area (Å²) < 4.78 is 0. The van der Waals surface area contributed by atoms with Gasteiger partial charge in [0.25, 0.3) is 0 Å². The molecule has 3 heterocycles. The fourth-order valence-corrected chi connectivity index (χ4v) is 7.00. The highest BCUT2D eigenvalue weighted by atomic mass is 32.2. The number of carbonyl (C=O) groups is 3. The Bertz CT molecular complexity index is 971. The lowest BCUT2D eigenvalue weighted by molar-refractivity contribution is -0.145. The first-order chi connectivity index (χ1) is 15.4. The number of hydrogen-bond acceptors (Lipinski definition) is 5. The maximum Gasteiger partial charge on any atom is 0.250 e. The summed E-state index contributed by atoms with van der Waals surface area (Å²) in [6.07, 6.45) is 9.00. The number of carbonyl (C=O) groups excluding carboxylic acids is 3. The number of fused-ring (bicyclic) bond motifs is 4. The standard InChI is InChI=1S/C25H33N3O3S/c1-14-10-11-17-21(15(14)2)26-24(31)25(17)20-19(18(27-25)12-13-32-3)22(29)28(23(20)30)16-8-6-4-5-7-9-16/h10-11,16,18-20,27H,4-9,12-13H2,1-3H3,(H,26,31)/t18-,19-,20-,25+/m1/s1. The molecule has 1 spiro atoms. The van der Waals surface area contributed by atoms with Gasteiger partial charge >= 0.3 is 0 Å². The molecule has 2 N–H and O–H groups in total. The topological polar surface area (TPSA) is 78.5 Å². The Balaban J connectivity index is 1.61. The lowest BCUT2D eigenvalue weighted by atomic mass is 9.76. The number of imide groups is 1. The van der Waals surface area contributed by atoms with Crippen molar-refractivity contribution < 1.29 is 14.4 Å². The van der Waals surface area contributed by atoms with Crippen molar-refractivity contribution in [1.29, 1.82) is 0 Å². The summed E-state index contributed by atoms with van der Waals surface area (Å²) in [5, 5.41) is 6.64. The van der Waals surface area contributed by atoms with E-state index < -0.39 is 17.4 Å². The molecule has 3 amide bonds. The number of rotatable bonds is 4. The zero-order chi connectivity index (χ0) is 22.6. The van der Waals surface area contributed by atoms with E-state index in [-0.39, 0.29) is 29.8 Å². The van der Waals surface area contributed by atoms with Gasteiger partial charge in [-0.1, -0.05) is 37.8 Å². The summed E-state index contributed by atoms with van der Waals surface area (Å²) in [7, 11) is 0. The minimum absolute atomic E-state index is 0.0231. The van der Waals surface area contributed by atoms with E-state index in [2.05, 4.69) is 10.6 Å². The third kappa shape index (κ3) is 3.00. The van der Waals surface area contributed by atoms with Gasteiger partial charge in [0.2, 0.25) is 17.7 Å². The molecule has 7 heteroatoms. The van der Waals surface area contributed by atoms with Crippen LogP contribution in [0.2, 0.25) is 0 Å². The normalized spacial score (nSPS) is 32.4. The number of likely N-dealkylation sites (tertiary alicyclic amines) is 1. The second kappa shape index (κ2) is 8.17. The van der Waals surface area contributed by atoms with E-state index in [0.29, 0.717) is 0 Å². The maximum atomic E-state index is 14.0. The fraction of sp³-hybridized carbons (Fsp3) is 0.640. The second-order valence-corrected chi connectivity index (χ2v) is 10.9. The number of amides is 3. The van der Waals surface area contributed by atoms with Gasteiger partial charge in [-0.2, -0.15) is 11.8 Å². The van der Waals surface area contributed by atoms with Crippen LogP contribution in [0.5, 0.6) is 0 Å². The number of aryl methyl sites for hydroxylation is 1. The predicted molar refractivity (Wildman–Crippen MR) is 126 cm³/mol. The predicted octanol–water partition coefficient (Wildman–Crippen LogP) is 3.50. The summed E-state index contributed by atoms with van der Waals surface area (Å²) in [5.41, 5.74) is 2.60. The molecule has 5 rings (SSSR count). The average molecular weight is 456 g/mol. The molecular weight excluding hydrogens is 422 g/mol. The Morgan fingerprint density at radius 2 is 1.78 bits per heavy atom. The molecule has 0 unspecified atom stereocenters. The van der Waals surface area contributed by atoms with Crippen LogP contribution in [0.4, 0.5) is 5.69 Å². The zero-order valence-corrected chi connectivity index (χ0v) is 20.0. The average Bonchev–Trinajstić information content (AvgIpc) is 3.24. The number of thioether (sulfide) groups is 1. The highest BCUT2D eigenvalue weighted by molar-refractivity contribution is 7.98. The van der Waals surface area contributed by atoms with Gasteiger partial charge in [0.05, 0.1) is 11.8 Å². The molecular formula is C25H33N3O3S. The Hall–Kier alpha value is -1.86. The van der Waals surface area contributed by atoms with Crippen molar-refractivity contribution in [3.8, 4) is 0 Å². The Labute approximate surface area is 194 Å². The van der Waals surface area contributed by atoms with E-state index in [1.54, 1.807) is 16.7 Å². The Morgan fingerprint density at radius 1 is 1.06 bits per heavy atom. The van der Waals surface area contributed by atoms with Crippen molar-refractivity contribution in [2.24, 2.45) is 11.8 Å². The van der Waals surface area contributed by atoms with Crippen molar-refractivity contribution in [2.75, 3.05) is 17.3 Å². The van der Waals surface area contributed by atoms with Gasteiger partial charge in [-0.3, -0.25) is 24.6 Å². The molecule has 3 fully saturated rings. The first kappa shape index (κ1) is 22.0. The Kier molecular flexibility index (Phi) is 5.61. The third-order valence-corrected chi connectivity index (χ3v) is 8.92. The van der Waals surface area contributed by atoms with Crippen molar-refractivity contribution >= 4 is 35.2 Å². The summed E-state index contributed by atoms with van der Waals surface area (Å²) in [4.78, 5) is 43.0. The van der Waals surface area contributed by atoms with Crippen LogP contribution >= 0.6 is 11.8 Å². The number of nitrogens with zero attached hydrogens (tertiary/aromatic N) is 1. The van der Waals surface area contributed by atoms with Crippen molar-refractivity contribution in [3.05, 3.63) is 28.8 Å². The summed E-state index contributed by atoms with van der Waals surface area (Å²) in [6.45, 7) is 4.03. The second-order valence-electron chi connectivity index (χ2n) is 9.92. The van der Waals surface area contributed by atoms with Gasteiger partial charge in [0, 0.05) is 23.3 Å². The summed E-state index contributed by atoms with van der Waals surface area (Å²) in [6, 6.07) is 3.79. The molecule has 172 valence electrons. The minimum Gasteiger partial charge on any atom is -0.324 e. The summed E-state index contributed by atoms with van der Waals surface area (Å²) >= 11 is 1.73. The van der Waals surface area contributed by atoms with Crippen molar-refractivity contribution in [3.63, 3.8) is 0 Å².